The summed E-state index contributed by atoms with van der Waals surface area (Å²) in [4.78, 5) is 9.35. The highest BCUT2D eigenvalue weighted by Crippen LogP contribution is 2.24. The molecule has 0 aliphatic carbocycles. The van der Waals surface area contributed by atoms with Crippen LogP contribution in [0.3, 0.4) is 0 Å². The second-order valence-electron chi connectivity index (χ2n) is 8.21. The van der Waals surface area contributed by atoms with Gasteiger partial charge >= 0.3 is 0 Å². The number of phenols is 1. The molecule has 2 heterocycles. The van der Waals surface area contributed by atoms with Crippen molar-refractivity contribution in [2.75, 3.05) is 6.61 Å². The van der Waals surface area contributed by atoms with Crippen molar-refractivity contribution in [1.29, 1.82) is 0 Å². The molecule has 0 spiro atoms. The van der Waals surface area contributed by atoms with E-state index in [2.05, 4.69) is 42.3 Å². The Morgan fingerprint density at radius 3 is 2.36 bits per heavy atom. The molecule has 0 amide bonds. The van der Waals surface area contributed by atoms with E-state index in [0.717, 1.165) is 47.4 Å². The number of aromatic hydroxyl groups is 1. The van der Waals surface area contributed by atoms with E-state index in [-0.39, 0.29) is 5.75 Å². The van der Waals surface area contributed by atoms with Gasteiger partial charge in [-0.1, -0.05) is 26.6 Å². The Morgan fingerprint density at radius 1 is 1.04 bits per heavy atom. The van der Waals surface area contributed by atoms with E-state index in [0.29, 0.717) is 6.73 Å². The molecular formula is C22H29N3O2Si. The van der Waals surface area contributed by atoms with E-state index in [1.807, 2.05) is 30.5 Å². The minimum absolute atomic E-state index is 0.253. The molecule has 0 saturated heterocycles. The summed E-state index contributed by atoms with van der Waals surface area (Å²) in [5.74, 6) is 1.14. The molecule has 3 rings (SSSR count). The molecule has 0 atom stereocenters. The van der Waals surface area contributed by atoms with Crippen molar-refractivity contribution >= 4 is 8.07 Å². The number of rotatable bonds is 8. The third kappa shape index (κ3) is 5.30. The van der Waals surface area contributed by atoms with Gasteiger partial charge in [-0.2, -0.15) is 0 Å². The summed E-state index contributed by atoms with van der Waals surface area (Å²) in [7, 11) is -1.09. The first-order valence-electron chi connectivity index (χ1n) is 9.75. The number of aromatic nitrogens is 3. The second-order valence-corrected chi connectivity index (χ2v) is 13.8. The van der Waals surface area contributed by atoms with Crippen molar-refractivity contribution in [3.05, 3.63) is 54.5 Å². The summed E-state index contributed by atoms with van der Waals surface area (Å²) in [6.07, 6.45) is 4.80. The molecule has 2 aromatic heterocycles. The number of hydrogen-bond acceptors (Lipinski definition) is 4. The first kappa shape index (κ1) is 20.3. The third-order valence-corrected chi connectivity index (χ3v) is 6.30. The summed E-state index contributed by atoms with van der Waals surface area (Å²) in [5.41, 5.74) is 3.85. The fraction of sp³-hybridized carbons (Fsp3) is 0.364. The van der Waals surface area contributed by atoms with Crippen LogP contribution in [0.25, 0.3) is 22.6 Å². The van der Waals surface area contributed by atoms with Crippen molar-refractivity contribution in [1.82, 2.24) is 14.5 Å². The number of pyridine rings is 1. The minimum atomic E-state index is -1.09. The first-order valence-corrected chi connectivity index (χ1v) is 13.5. The summed E-state index contributed by atoms with van der Waals surface area (Å²) in [6, 6.07) is 12.2. The zero-order valence-corrected chi connectivity index (χ0v) is 18.1. The van der Waals surface area contributed by atoms with Gasteiger partial charge in [0, 0.05) is 38.2 Å². The van der Waals surface area contributed by atoms with Gasteiger partial charge in [-0.3, -0.25) is 4.98 Å². The Bertz CT molecular complexity index is 897. The Morgan fingerprint density at radius 2 is 1.75 bits per heavy atom. The summed E-state index contributed by atoms with van der Waals surface area (Å²) in [5, 5.41) is 9.44. The van der Waals surface area contributed by atoms with E-state index in [1.165, 1.54) is 0 Å². The van der Waals surface area contributed by atoms with Gasteiger partial charge in [-0.25, -0.2) is 4.98 Å². The molecule has 3 aromatic rings. The molecule has 5 nitrogen and oxygen atoms in total. The average Bonchev–Trinajstić information content (AvgIpc) is 3.09. The van der Waals surface area contributed by atoms with Crippen molar-refractivity contribution in [3.8, 4) is 28.4 Å². The maximum absolute atomic E-state index is 9.44. The highest BCUT2D eigenvalue weighted by molar-refractivity contribution is 6.76. The molecule has 1 N–H and O–H groups in total. The zero-order valence-electron chi connectivity index (χ0n) is 17.1. The number of benzene rings is 1. The molecule has 0 radical (unpaired) electrons. The molecule has 0 aliphatic heterocycles. The largest absolute Gasteiger partial charge is 0.508 e. The number of hydrogen-bond donors (Lipinski definition) is 1. The van der Waals surface area contributed by atoms with Crippen LogP contribution in [0.15, 0.2) is 48.8 Å². The Hall–Kier alpha value is -2.44. The Kier molecular flexibility index (Phi) is 6.31. The van der Waals surface area contributed by atoms with Crippen molar-refractivity contribution < 1.29 is 9.84 Å². The van der Waals surface area contributed by atoms with E-state index in [9.17, 15) is 5.11 Å². The number of phenolic OH excluding ortho intramolecular Hbond substituents is 1. The fourth-order valence-corrected chi connectivity index (χ4v) is 3.60. The van der Waals surface area contributed by atoms with Crippen LogP contribution in [0.4, 0.5) is 0 Å². The van der Waals surface area contributed by atoms with E-state index in [1.54, 1.807) is 12.1 Å². The predicted molar refractivity (Wildman–Crippen MR) is 116 cm³/mol. The average molecular weight is 396 g/mol. The quantitative estimate of drug-likeness (QED) is 0.421. The predicted octanol–water partition coefficient (Wildman–Crippen LogP) is 5.19. The minimum Gasteiger partial charge on any atom is -0.508 e. The molecule has 0 bridgehead atoms. The van der Waals surface area contributed by atoms with Crippen LogP contribution < -0.4 is 0 Å². The molecule has 148 valence electrons. The van der Waals surface area contributed by atoms with Crippen LogP contribution in [0.5, 0.6) is 5.75 Å². The molecule has 6 heteroatoms. The van der Waals surface area contributed by atoms with Gasteiger partial charge in [0.15, 0.2) is 0 Å². The molecule has 0 aliphatic rings. The molecule has 28 heavy (non-hydrogen) atoms. The lowest BCUT2D eigenvalue weighted by atomic mass is 10.1. The van der Waals surface area contributed by atoms with E-state index in [4.69, 9.17) is 9.72 Å². The SMILES string of the molecule is CCc1cn(COCC[Si](C)(C)C)c(-c2ccc(-c3ccc(O)cc3)nc2)n1. The fourth-order valence-electron chi connectivity index (χ4n) is 2.84. The van der Waals surface area contributed by atoms with Gasteiger partial charge in [0.05, 0.1) is 11.4 Å². The van der Waals surface area contributed by atoms with E-state index >= 15 is 0 Å². The molecular weight excluding hydrogens is 366 g/mol. The lowest BCUT2D eigenvalue weighted by Crippen LogP contribution is -2.22. The molecule has 0 unspecified atom stereocenters. The van der Waals surface area contributed by atoms with Gasteiger partial charge in [-0.15, -0.1) is 0 Å². The molecule has 0 fully saturated rings. The van der Waals surface area contributed by atoms with Crippen LogP contribution in [0, 0.1) is 0 Å². The van der Waals surface area contributed by atoms with Crippen molar-refractivity contribution in [3.63, 3.8) is 0 Å². The topological polar surface area (TPSA) is 60.2 Å². The standard InChI is InChI=1S/C22H29N3O2Si/c1-5-19-15-25(16-27-12-13-28(2,3)4)22(24-19)18-8-11-21(23-14-18)17-6-9-20(26)10-7-17/h6-11,14-15,26H,5,12-13,16H2,1-4H3. The van der Waals surface area contributed by atoms with Gasteiger partial charge in [-0.05, 0) is 48.9 Å². The monoisotopic (exact) mass is 395 g/mol. The van der Waals surface area contributed by atoms with Gasteiger partial charge < -0.3 is 14.4 Å². The highest BCUT2D eigenvalue weighted by Gasteiger charge is 2.14. The van der Waals surface area contributed by atoms with Crippen LogP contribution in [0.1, 0.15) is 12.6 Å². The number of ether oxygens (including phenoxy) is 1. The van der Waals surface area contributed by atoms with Crippen LogP contribution in [0.2, 0.25) is 25.7 Å². The molecule has 1 aromatic carbocycles. The lowest BCUT2D eigenvalue weighted by Gasteiger charge is -2.16. The van der Waals surface area contributed by atoms with Crippen molar-refractivity contribution in [2.24, 2.45) is 0 Å². The smallest absolute Gasteiger partial charge is 0.143 e. The second kappa shape index (κ2) is 8.71. The lowest BCUT2D eigenvalue weighted by molar-refractivity contribution is 0.0882. The number of imidazole rings is 1. The summed E-state index contributed by atoms with van der Waals surface area (Å²) in [6.45, 7) is 10.5. The highest BCUT2D eigenvalue weighted by atomic mass is 28.3. The number of nitrogens with zero attached hydrogens (tertiary/aromatic N) is 3. The summed E-state index contributed by atoms with van der Waals surface area (Å²) < 4.78 is 8.00. The number of aryl methyl sites for hydroxylation is 1. The van der Waals surface area contributed by atoms with Crippen LogP contribution in [-0.4, -0.2) is 34.3 Å². The Labute approximate surface area is 168 Å². The van der Waals surface area contributed by atoms with Crippen LogP contribution in [-0.2, 0) is 17.9 Å². The van der Waals surface area contributed by atoms with Gasteiger partial charge in [0.2, 0.25) is 0 Å². The normalized spacial score (nSPS) is 11.7. The maximum atomic E-state index is 9.44. The molecule has 0 saturated carbocycles. The third-order valence-electron chi connectivity index (χ3n) is 4.60. The zero-order chi connectivity index (χ0) is 20.1. The van der Waals surface area contributed by atoms with Gasteiger partial charge in [0.25, 0.3) is 0 Å². The van der Waals surface area contributed by atoms with Gasteiger partial charge in [0.1, 0.15) is 18.3 Å². The maximum Gasteiger partial charge on any atom is 0.143 e. The first-order chi connectivity index (χ1) is 13.4. The Balaban J connectivity index is 1.76. The van der Waals surface area contributed by atoms with Crippen LogP contribution >= 0.6 is 0 Å². The van der Waals surface area contributed by atoms with Crippen molar-refractivity contribution in [2.45, 2.75) is 45.8 Å². The van der Waals surface area contributed by atoms with E-state index < -0.39 is 8.07 Å². The summed E-state index contributed by atoms with van der Waals surface area (Å²) >= 11 is 0.